The molecule has 0 fully saturated rings. The summed E-state index contributed by atoms with van der Waals surface area (Å²) in [5.41, 5.74) is 2.11. The third kappa shape index (κ3) is 3.84. The lowest BCUT2D eigenvalue weighted by Crippen LogP contribution is -2.34. The summed E-state index contributed by atoms with van der Waals surface area (Å²) in [6.45, 7) is 4.69. The van der Waals surface area contributed by atoms with Crippen LogP contribution in [-0.4, -0.2) is 36.5 Å². The zero-order valence-electron chi connectivity index (χ0n) is 17.9. The molecule has 9 heteroatoms. The first-order chi connectivity index (χ1) is 15.4. The number of fused-ring (bicyclic) bond motifs is 1. The number of aryl methyl sites for hydroxylation is 1. The molecule has 3 heterocycles. The smallest absolute Gasteiger partial charge is 0.231 e. The van der Waals surface area contributed by atoms with Gasteiger partial charge in [-0.05, 0) is 24.6 Å². The highest BCUT2D eigenvalue weighted by Gasteiger charge is 2.24. The second-order valence-corrected chi connectivity index (χ2v) is 7.24. The van der Waals surface area contributed by atoms with Crippen LogP contribution in [0.1, 0.15) is 31.9 Å². The van der Waals surface area contributed by atoms with Crippen LogP contribution >= 0.6 is 0 Å². The summed E-state index contributed by atoms with van der Waals surface area (Å²) in [4.78, 5) is 38.7. The van der Waals surface area contributed by atoms with Crippen LogP contribution in [0.15, 0.2) is 48.8 Å². The van der Waals surface area contributed by atoms with Crippen molar-refractivity contribution < 1.29 is 14.0 Å². The molecule has 0 N–H and O–H groups in total. The van der Waals surface area contributed by atoms with E-state index in [0.717, 1.165) is 4.90 Å². The molecule has 162 valence electrons. The molecule has 0 saturated carbocycles. The predicted octanol–water partition coefficient (Wildman–Crippen LogP) is 3.54. The molecule has 0 saturated heterocycles. The fraction of sp³-hybridized carbons (Fsp3) is 0.217. The number of aromatic nitrogens is 5. The summed E-state index contributed by atoms with van der Waals surface area (Å²) in [5.74, 6) is -0.729. The van der Waals surface area contributed by atoms with Gasteiger partial charge in [0.2, 0.25) is 11.8 Å². The molecular weight excluding hydrogens is 411 g/mol. The molecule has 0 radical (unpaired) electrons. The summed E-state index contributed by atoms with van der Waals surface area (Å²) < 4.78 is 15.8. The number of imide groups is 1. The Morgan fingerprint density at radius 2 is 1.78 bits per heavy atom. The molecule has 0 aliphatic heterocycles. The highest BCUT2D eigenvalue weighted by atomic mass is 19.1. The molecule has 0 bridgehead atoms. The first-order valence-corrected chi connectivity index (χ1v) is 10.1. The van der Waals surface area contributed by atoms with Crippen LogP contribution in [-0.2, 0) is 22.6 Å². The molecule has 4 rings (SSSR count). The van der Waals surface area contributed by atoms with E-state index in [1.54, 1.807) is 41.3 Å². The van der Waals surface area contributed by atoms with E-state index in [2.05, 4.69) is 20.1 Å². The lowest BCUT2D eigenvalue weighted by molar-refractivity contribution is -0.124. The van der Waals surface area contributed by atoms with E-state index >= 15 is 0 Å². The number of amides is 2. The Labute approximate surface area is 183 Å². The van der Waals surface area contributed by atoms with Gasteiger partial charge in [0, 0.05) is 37.4 Å². The Kier molecular flexibility index (Phi) is 5.72. The Morgan fingerprint density at radius 1 is 1.03 bits per heavy atom. The molecule has 0 aliphatic carbocycles. The number of pyridine rings is 1. The molecule has 3 aromatic heterocycles. The largest absolute Gasteiger partial charge is 0.274 e. The molecule has 2 amide bonds. The maximum Gasteiger partial charge on any atom is 0.231 e. The second-order valence-electron chi connectivity index (χ2n) is 7.24. The van der Waals surface area contributed by atoms with E-state index in [1.807, 2.05) is 13.0 Å². The average molecular weight is 432 g/mol. The van der Waals surface area contributed by atoms with E-state index in [4.69, 9.17) is 0 Å². The maximum absolute atomic E-state index is 14.2. The zero-order chi connectivity index (χ0) is 22.8. The Bertz CT molecular complexity index is 1320. The minimum absolute atomic E-state index is 0.174. The summed E-state index contributed by atoms with van der Waals surface area (Å²) in [7, 11) is 0. The lowest BCUT2D eigenvalue weighted by atomic mass is 10.2. The number of anilines is 1. The molecule has 4 aromatic rings. The van der Waals surface area contributed by atoms with Crippen molar-refractivity contribution in [2.45, 2.75) is 33.7 Å². The van der Waals surface area contributed by atoms with Crippen LogP contribution in [0, 0.1) is 5.82 Å². The zero-order valence-corrected chi connectivity index (χ0v) is 17.9. The first kappa shape index (κ1) is 21.2. The number of halogens is 1. The number of rotatable bonds is 5. The van der Waals surface area contributed by atoms with Gasteiger partial charge in [0.15, 0.2) is 11.5 Å². The molecule has 0 spiro atoms. The van der Waals surface area contributed by atoms with Crippen LogP contribution in [0.25, 0.3) is 22.6 Å². The Hall–Kier alpha value is -4.01. The minimum Gasteiger partial charge on any atom is -0.274 e. The first-order valence-electron chi connectivity index (χ1n) is 10.1. The van der Waals surface area contributed by atoms with E-state index < -0.39 is 11.8 Å². The normalized spacial score (nSPS) is 11.0. The van der Waals surface area contributed by atoms with Crippen molar-refractivity contribution in [2.75, 3.05) is 4.90 Å². The van der Waals surface area contributed by atoms with Crippen molar-refractivity contribution in [1.29, 1.82) is 0 Å². The van der Waals surface area contributed by atoms with E-state index in [1.165, 1.54) is 19.9 Å². The molecule has 0 unspecified atom stereocenters. The SMILES string of the molecule is CCc1cnc(-c2nn(Cc3ccccc3F)c3ncccc23)nc1N(C(C)=O)C(C)=O. The summed E-state index contributed by atoms with van der Waals surface area (Å²) in [5, 5.41) is 5.29. The fourth-order valence-corrected chi connectivity index (χ4v) is 3.55. The molecular formula is C23H21FN6O2. The van der Waals surface area contributed by atoms with Crippen LogP contribution < -0.4 is 4.90 Å². The number of hydrogen-bond donors (Lipinski definition) is 0. The van der Waals surface area contributed by atoms with Crippen molar-refractivity contribution in [3.05, 3.63) is 65.7 Å². The van der Waals surface area contributed by atoms with Crippen molar-refractivity contribution >= 4 is 28.7 Å². The lowest BCUT2D eigenvalue weighted by Gasteiger charge is -2.19. The van der Waals surface area contributed by atoms with E-state index in [0.29, 0.717) is 34.3 Å². The van der Waals surface area contributed by atoms with Gasteiger partial charge in [-0.25, -0.2) is 28.9 Å². The summed E-state index contributed by atoms with van der Waals surface area (Å²) >= 11 is 0. The Balaban J connectivity index is 1.87. The predicted molar refractivity (Wildman–Crippen MR) is 117 cm³/mol. The summed E-state index contributed by atoms with van der Waals surface area (Å²) in [6, 6.07) is 10.1. The maximum atomic E-state index is 14.2. The molecule has 1 aromatic carbocycles. The molecule has 0 aliphatic rings. The standard InChI is InChI=1S/C23H21FN6O2/c1-4-16-12-26-21(27-22(16)30(14(2)31)15(3)32)20-18-9-7-11-25-23(18)29(28-20)13-17-8-5-6-10-19(17)24/h5-12H,4,13H2,1-3H3. The van der Waals surface area contributed by atoms with Gasteiger partial charge in [-0.1, -0.05) is 25.1 Å². The monoisotopic (exact) mass is 432 g/mol. The quantitative estimate of drug-likeness (QED) is 0.479. The van der Waals surface area contributed by atoms with Gasteiger partial charge in [0.1, 0.15) is 17.3 Å². The number of nitrogens with zero attached hydrogens (tertiary/aromatic N) is 6. The van der Waals surface area contributed by atoms with Crippen LogP contribution in [0.5, 0.6) is 0 Å². The van der Waals surface area contributed by atoms with Crippen LogP contribution in [0.3, 0.4) is 0 Å². The molecule has 32 heavy (non-hydrogen) atoms. The highest BCUT2D eigenvalue weighted by Crippen LogP contribution is 2.28. The minimum atomic E-state index is -0.437. The van der Waals surface area contributed by atoms with Gasteiger partial charge in [-0.15, -0.1) is 0 Å². The van der Waals surface area contributed by atoms with Crippen molar-refractivity contribution in [3.8, 4) is 11.5 Å². The third-order valence-electron chi connectivity index (χ3n) is 5.06. The summed E-state index contributed by atoms with van der Waals surface area (Å²) in [6.07, 6.45) is 3.76. The van der Waals surface area contributed by atoms with Crippen LogP contribution in [0.4, 0.5) is 10.2 Å². The number of carbonyl (C=O) groups is 2. The van der Waals surface area contributed by atoms with Crippen molar-refractivity contribution in [3.63, 3.8) is 0 Å². The average Bonchev–Trinajstić information content (AvgIpc) is 3.13. The van der Waals surface area contributed by atoms with Gasteiger partial charge in [-0.3, -0.25) is 9.59 Å². The van der Waals surface area contributed by atoms with E-state index in [9.17, 15) is 14.0 Å². The number of benzene rings is 1. The van der Waals surface area contributed by atoms with Gasteiger partial charge in [-0.2, -0.15) is 5.10 Å². The van der Waals surface area contributed by atoms with Gasteiger partial charge in [0.25, 0.3) is 0 Å². The van der Waals surface area contributed by atoms with Gasteiger partial charge in [0.05, 0.1) is 11.9 Å². The number of carbonyl (C=O) groups excluding carboxylic acids is 2. The second kappa shape index (κ2) is 8.62. The Morgan fingerprint density at radius 3 is 2.47 bits per heavy atom. The van der Waals surface area contributed by atoms with Crippen molar-refractivity contribution in [1.82, 2.24) is 24.7 Å². The third-order valence-corrected chi connectivity index (χ3v) is 5.06. The molecule has 0 atom stereocenters. The fourth-order valence-electron chi connectivity index (χ4n) is 3.55. The van der Waals surface area contributed by atoms with E-state index in [-0.39, 0.29) is 24.0 Å². The van der Waals surface area contributed by atoms with Gasteiger partial charge < -0.3 is 0 Å². The highest BCUT2D eigenvalue weighted by molar-refractivity contribution is 6.13. The topological polar surface area (TPSA) is 93.9 Å². The van der Waals surface area contributed by atoms with Crippen LogP contribution in [0.2, 0.25) is 0 Å². The van der Waals surface area contributed by atoms with Gasteiger partial charge >= 0.3 is 0 Å². The number of hydrogen-bond acceptors (Lipinski definition) is 6. The molecule has 8 nitrogen and oxygen atoms in total. The van der Waals surface area contributed by atoms with Crippen molar-refractivity contribution in [2.24, 2.45) is 0 Å².